The maximum absolute atomic E-state index is 13.0. The average molecular weight is 471 g/mol. The fourth-order valence-corrected chi connectivity index (χ4v) is 4.86. The Kier molecular flexibility index (Phi) is 6.39. The van der Waals surface area contributed by atoms with Gasteiger partial charge in [0, 0.05) is 5.56 Å². The zero-order valence-corrected chi connectivity index (χ0v) is 19.0. The van der Waals surface area contributed by atoms with Crippen LogP contribution in [0.5, 0.6) is 5.75 Å². The fourth-order valence-electron chi connectivity index (χ4n) is 3.49. The molecule has 1 unspecified atom stereocenters. The Morgan fingerprint density at radius 3 is 2.41 bits per heavy atom. The zero-order valence-electron chi connectivity index (χ0n) is 17.4. The van der Waals surface area contributed by atoms with Crippen molar-refractivity contribution in [2.75, 3.05) is 11.8 Å². The summed E-state index contributed by atoms with van der Waals surface area (Å²) in [6, 6.07) is 20.0. The summed E-state index contributed by atoms with van der Waals surface area (Å²) in [4.78, 5) is 13.0. The summed E-state index contributed by atoms with van der Waals surface area (Å²) in [5.74, 6) is 0.784. The summed E-state index contributed by atoms with van der Waals surface area (Å²) in [5, 5.41) is 3.36. The van der Waals surface area contributed by atoms with Gasteiger partial charge in [0.2, 0.25) is 0 Å². The number of methoxy groups -OCH3 is 1. The van der Waals surface area contributed by atoms with Crippen molar-refractivity contribution in [1.82, 2.24) is 5.32 Å². The van der Waals surface area contributed by atoms with Gasteiger partial charge < -0.3 is 10.1 Å². The summed E-state index contributed by atoms with van der Waals surface area (Å²) >= 11 is 6.07. The first-order chi connectivity index (χ1) is 15.4. The third kappa shape index (κ3) is 5.06. The molecule has 1 fully saturated rings. The topological polar surface area (TPSA) is 84.5 Å². The van der Waals surface area contributed by atoms with E-state index < -0.39 is 10.0 Å². The van der Waals surface area contributed by atoms with E-state index in [0.717, 1.165) is 24.2 Å². The lowest BCUT2D eigenvalue weighted by Crippen LogP contribution is -2.30. The second kappa shape index (κ2) is 9.22. The second-order valence-corrected chi connectivity index (χ2v) is 9.76. The van der Waals surface area contributed by atoms with Gasteiger partial charge in [-0.1, -0.05) is 41.9 Å². The van der Waals surface area contributed by atoms with E-state index in [1.807, 2.05) is 24.3 Å². The van der Waals surface area contributed by atoms with E-state index in [1.165, 1.54) is 12.1 Å². The van der Waals surface area contributed by atoms with E-state index in [0.29, 0.717) is 5.92 Å². The number of halogens is 1. The van der Waals surface area contributed by atoms with E-state index in [4.69, 9.17) is 16.3 Å². The average Bonchev–Trinajstić information content (AvgIpc) is 3.64. The van der Waals surface area contributed by atoms with Crippen LogP contribution in [0.4, 0.5) is 5.69 Å². The maximum atomic E-state index is 13.0. The predicted molar refractivity (Wildman–Crippen MR) is 125 cm³/mol. The molecule has 0 saturated heterocycles. The first-order valence-electron chi connectivity index (χ1n) is 10.2. The minimum Gasteiger partial charge on any atom is -0.497 e. The zero-order chi connectivity index (χ0) is 22.7. The van der Waals surface area contributed by atoms with Crippen molar-refractivity contribution >= 4 is 33.2 Å². The lowest BCUT2D eigenvalue weighted by atomic mass is 10.0. The van der Waals surface area contributed by atoms with Crippen molar-refractivity contribution < 1.29 is 17.9 Å². The quantitative estimate of drug-likeness (QED) is 0.483. The number of anilines is 1. The van der Waals surface area contributed by atoms with Crippen LogP contribution in [0.2, 0.25) is 5.02 Å². The van der Waals surface area contributed by atoms with E-state index >= 15 is 0 Å². The number of hydrogen-bond acceptors (Lipinski definition) is 4. The highest BCUT2D eigenvalue weighted by atomic mass is 35.5. The van der Waals surface area contributed by atoms with Gasteiger partial charge in [-0.05, 0) is 66.8 Å². The van der Waals surface area contributed by atoms with Crippen molar-refractivity contribution in [2.24, 2.45) is 5.92 Å². The van der Waals surface area contributed by atoms with Crippen LogP contribution in [0, 0.1) is 5.92 Å². The van der Waals surface area contributed by atoms with Gasteiger partial charge >= 0.3 is 0 Å². The minimum absolute atomic E-state index is 0.0162. The Morgan fingerprint density at radius 1 is 1.03 bits per heavy atom. The number of hydrogen-bond donors (Lipinski definition) is 2. The number of carbonyl (C=O) groups is 1. The molecule has 32 heavy (non-hydrogen) atoms. The largest absolute Gasteiger partial charge is 0.497 e. The molecule has 0 spiro atoms. The van der Waals surface area contributed by atoms with E-state index in [1.54, 1.807) is 43.5 Å². The summed E-state index contributed by atoms with van der Waals surface area (Å²) in [5.41, 5.74) is 1.54. The molecule has 1 aliphatic rings. The molecule has 0 aromatic heterocycles. The van der Waals surface area contributed by atoms with E-state index in [2.05, 4.69) is 10.0 Å². The highest BCUT2D eigenvalue weighted by Gasteiger charge is 2.33. The van der Waals surface area contributed by atoms with Crippen molar-refractivity contribution in [3.63, 3.8) is 0 Å². The first-order valence-corrected chi connectivity index (χ1v) is 12.1. The number of sulfonamides is 1. The van der Waals surface area contributed by atoms with Crippen LogP contribution in [-0.2, 0) is 10.0 Å². The monoisotopic (exact) mass is 470 g/mol. The molecule has 1 aliphatic carbocycles. The minimum atomic E-state index is -3.91. The summed E-state index contributed by atoms with van der Waals surface area (Å²) in [6.45, 7) is 0. The van der Waals surface area contributed by atoms with Gasteiger partial charge in [0.1, 0.15) is 5.75 Å². The van der Waals surface area contributed by atoms with Gasteiger partial charge in [-0.25, -0.2) is 8.42 Å². The lowest BCUT2D eigenvalue weighted by Gasteiger charge is -2.19. The van der Waals surface area contributed by atoms with Gasteiger partial charge in [0.15, 0.2) is 0 Å². The van der Waals surface area contributed by atoms with Crippen LogP contribution in [0.1, 0.15) is 34.8 Å². The molecule has 3 aromatic carbocycles. The molecule has 1 atom stereocenters. The maximum Gasteiger partial charge on any atom is 0.261 e. The van der Waals surface area contributed by atoms with Gasteiger partial charge in [-0.15, -0.1) is 0 Å². The molecule has 2 N–H and O–H groups in total. The SMILES string of the molecule is COc1ccc(C(NC(=O)c2cccc(S(=O)(=O)Nc3ccccc3Cl)c2)C2CC2)cc1. The number of benzene rings is 3. The summed E-state index contributed by atoms with van der Waals surface area (Å²) in [7, 11) is -2.30. The van der Waals surface area contributed by atoms with Gasteiger partial charge in [-0.2, -0.15) is 0 Å². The number of carbonyl (C=O) groups excluding carboxylic acids is 1. The molecule has 0 aliphatic heterocycles. The van der Waals surface area contributed by atoms with Crippen LogP contribution < -0.4 is 14.8 Å². The molecule has 8 heteroatoms. The number of nitrogens with one attached hydrogen (secondary N) is 2. The second-order valence-electron chi connectivity index (χ2n) is 7.67. The van der Waals surface area contributed by atoms with Gasteiger partial charge in [0.25, 0.3) is 15.9 Å². The molecular weight excluding hydrogens is 448 g/mol. The standard InChI is InChI=1S/C24H23ClN2O4S/c1-31-19-13-11-17(12-14-19)23(16-9-10-16)26-24(28)18-5-4-6-20(15-18)32(29,30)27-22-8-3-2-7-21(22)25/h2-8,11-16,23,27H,9-10H2,1H3,(H,26,28). The number of amides is 1. The number of para-hydroxylation sites is 1. The van der Waals surface area contributed by atoms with Crippen LogP contribution >= 0.6 is 11.6 Å². The molecule has 1 saturated carbocycles. The van der Waals surface area contributed by atoms with Crippen molar-refractivity contribution in [2.45, 2.75) is 23.8 Å². The summed E-state index contributed by atoms with van der Waals surface area (Å²) in [6.07, 6.45) is 2.07. The predicted octanol–water partition coefficient (Wildman–Crippen LogP) is 5.03. The van der Waals surface area contributed by atoms with Crippen molar-refractivity contribution in [3.05, 3.63) is 88.9 Å². The molecule has 0 radical (unpaired) electrons. The van der Waals surface area contributed by atoms with Crippen molar-refractivity contribution in [1.29, 1.82) is 0 Å². The number of ether oxygens (including phenoxy) is 1. The molecule has 3 aromatic rings. The Balaban J connectivity index is 1.54. The Bertz CT molecular complexity index is 1220. The van der Waals surface area contributed by atoms with Crippen LogP contribution in [0.25, 0.3) is 0 Å². The lowest BCUT2D eigenvalue weighted by molar-refractivity contribution is 0.0931. The molecule has 0 heterocycles. The third-order valence-electron chi connectivity index (χ3n) is 5.38. The van der Waals surface area contributed by atoms with Gasteiger partial charge in [-0.3, -0.25) is 9.52 Å². The molecule has 6 nitrogen and oxygen atoms in total. The Labute approximate surface area is 192 Å². The smallest absolute Gasteiger partial charge is 0.261 e. The highest BCUT2D eigenvalue weighted by Crippen LogP contribution is 2.41. The van der Waals surface area contributed by atoms with E-state index in [9.17, 15) is 13.2 Å². The molecule has 4 rings (SSSR count). The molecule has 166 valence electrons. The number of rotatable bonds is 8. The molecule has 0 bridgehead atoms. The fraction of sp³-hybridized carbons (Fsp3) is 0.208. The molecular formula is C24H23ClN2O4S. The normalized spacial score (nSPS) is 14.4. The summed E-state index contributed by atoms with van der Waals surface area (Å²) < 4.78 is 33.4. The van der Waals surface area contributed by atoms with Gasteiger partial charge in [0.05, 0.1) is 28.8 Å². The Hall–Kier alpha value is -3.03. The Morgan fingerprint density at radius 2 is 1.75 bits per heavy atom. The third-order valence-corrected chi connectivity index (χ3v) is 7.07. The van der Waals surface area contributed by atoms with Crippen LogP contribution in [-0.4, -0.2) is 21.4 Å². The molecule has 1 amide bonds. The van der Waals surface area contributed by atoms with Crippen LogP contribution in [0.3, 0.4) is 0 Å². The van der Waals surface area contributed by atoms with Crippen LogP contribution in [0.15, 0.2) is 77.7 Å². The first kappa shape index (κ1) is 22.2. The van der Waals surface area contributed by atoms with E-state index in [-0.39, 0.29) is 33.1 Å². The van der Waals surface area contributed by atoms with Crippen molar-refractivity contribution in [3.8, 4) is 5.75 Å². The highest BCUT2D eigenvalue weighted by molar-refractivity contribution is 7.92.